The number of anilines is 1. The van der Waals surface area contributed by atoms with Gasteiger partial charge in [-0.3, -0.25) is 9.88 Å². The Balaban J connectivity index is 1.74. The number of fused-ring (bicyclic) bond motifs is 1. The first-order valence-electron chi connectivity index (χ1n) is 6.79. The van der Waals surface area contributed by atoms with E-state index in [1.807, 2.05) is 6.92 Å². The molecule has 6 heteroatoms. The van der Waals surface area contributed by atoms with Crippen molar-refractivity contribution in [2.24, 2.45) is 0 Å². The summed E-state index contributed by atoms with van der Waals surface area (Å²) in [6.07, 6.45) is 3.72. The summed E-state index contributed by atoms with van der Waals surface area (Å²) < 4.78 is 11.2. The minimum Gasteiger partial charge on any atom is -0.477 e. The molecule has 3 rings (SSSR count). The van der Waals surface area contributed by atoms with Crippen LogP contribution in [0.5, 0.6) is 5.88 Å². The first kappa shape index (κ1) is 12.6. The summed E-state index contributed by atoms with van der Waals surface area (Å²) in [4.78, 5) is 13.3. The Morgan fingerprint density at radius 1 is 1.42 bits per heavy atom. The van der Waals surface area contributed by atoms with Gasteiger partial charge in [0, 0.05) is 19.6 Å². The molecule has 0 bridgehead atoms. The Labute approximate surface area is 113 Å². The Morgan fingerprint density at radius 3 is 3.11 bits per heavy atom. The predicted octanol–water partition coefficient (Wildman–Crippen LogP) is 0.394. The molecule has 2 saturated heterocycles. The topological polar surface area (TPSA) is 50.7 Å². The van der Waals surface area contributed by atoms with Gasteiger partial charge in [0.2, 0.25) is 5.88 Å². The zero-order valence-corrected chi connectivity index (χ0v) is 11.5. The number of rotatable bonds is 3. The number of morpholine rings is 1. The van der Waals surface area contributed by atoms with Crippen LogP contribution in [0.25, 0.3) is 0 Å². The van der Waals surface area contributed by atoms with Gasteiger partial charge < -0.3 is 14.4 Å². The maximum absolute atomic E-state index is 5.84. The SMILES string of the molecule is CCOc1cncc(N2CC3OCCN(C)C3C2)n1. The van der Waals surface area contributed by atoms with Crippen molar-refractivity contribution >= 4 is 5.82 Å². The van der Waals surface area contributed by atoms with Crippen LogP contribution in [0.3, 0.4) is 0 Å². The highest BCUT2D eigenvalue weighted by molar-refractivity contribution is 5.40. The summed E-state index contributed by atoms with van der Waals surface area (Å²) >= 11 is 0. The van der Waals surface area contributed by atoms with Crippen LogP contribution < -0.4 is 9.64 Å². The number of hydrogen-bond donors (Lipinski definition) is 0. The highest BCUT2D eigenvalue weighted by atomic mass is 16.5. The molecule has 19 heavy (non-hydrogen) atoms. The summed E-state index contributed by atoms with van der Waals surface area (Å²) in [7, 11) is 2.16. The zero-order valence-electron chi connectivity index (χ0n) is 11.5. The van der Waals surface area contributed by atoms with E-state index in [9.17, 15) is 0 Å². The van der Waals surface area contributed by atoms with Gasteiger partial charge in [-0.15, -0.1) is 0 Å². The smallest absolute Gasteiger partial charge is 0.234 e. The van der Waals surface area contributed by atoms with Crippen molar-refractivity contribution in [3.8, 4) is 5.88 Å². The Hall–Kier alpha value is -1.40. The lowest BCUT2D eigenvalue weighted by molar-refractivity contribution is -0.0362. The fourth-order valence-electron chi connectivity index (χ4n) is 2.75. The van der Waals surface area contributed by atoms with Crippen LogP contribution in [-0.2, 0) is 4.74 Å². The van der Waals surface area contributed by atoms with E-state index < -0.39 is 0 Å². The third-order valence-corrected chi connectivity index (χ3v) is 3.79. The van der Waals surface area contributed by atoms with Crippen LogP contribution in [0.15, 0.2) is 12.4 Å². The van der Waals surface area contributed by atoms with Crippen LogP contribution in [-0.4, -0.2) is 66.9 Å². The zero-order chi connectivity index (χ0) is 13.2. The molecule has 0 saturated carbocycles. The molecule has 0 spiro atoms. The molecule has 0 N–H and O–H groups in total. The third-order valence-electron chi connectivity index (χ3n) is 3.79. The molecule has 2 aliphatic rings. The first-order chi connectivity index (χ1) is 9.28. The summed E-state index contributed by atoms with van der Waals surface area (Å²) in [6.45, 7) is 6.18. The van der Waals surface area contributed by atoms with Gasteiger partial charge in [0.05, 0.1) is 37.8 Å². The maximum Gasteiger partial charge on any atom is 0.234 e. The van der Waals surface area contributed by atoms with Crippen LogP contribution in [0.4, 0.5) is 5.82 Å². The van der Waals surface area contributed by atoms with E-state index in [4.69, 9.17) is 9.47 Å². The van der Waals surface area contributed by atoms with Crippen molar-refractivity contribution in [1.82, 2.24) is 14.9 Å². The Kier molecular flexibility index (Phi) is 3.52. The molecule has 0 aromatic carbocycles. The Bertz CT molecular complexity index is 442. The van der Waals surface area contributed by atoms with Crippen LogP contribution >= 0.6 is 0 Å². The predicted molar refractivity (Wildman–Crippen MR) is 71.6 cm³/mol. The molecule has 2 unspecified atom stereocenters. The number of nitrogens with zero attached hydrogens (tertiary/aromatic N) is 4. The summed E-state index contributed by atoms with van der Waals surface area (Å²) in [5.74, 6) is 1.46. The largest absolute Gasteiger partial charge is 0.477 e. The lowest BCUT2D eigenvalue weighted by atomic mass is 10.1. The van der Waals surface area contributed by atoms with Gasteiger partial charge in [0.15, 0.2) is 5.82 Å². The molecule has 0 amide bonds. The first-order valence-corrected chi connectivity index (χ1v) is 6.79. The van der Waals surface area contributed by atoms with Crippen molar-refractivity contribution in [1.29, 1.82) is 0 Å². The second-order valence-electron chi connectivity index (χ2n) is 5.01. The van der Waals surface area contributed by atoms with E-state index in [0.29, 0.717) is 18.5 Å². The standard InChI is InChI=1S/C13H20N4O2/c1-3-18-13-7-14-6-12(15-13)17-8-10-11(9-17)19-5-4-16(10)2/h6-7,10-11H,3-5,8-9H2,1-2H3. The normalized spacial score (nSPS) is 27.4. The highest BCUT2D eigenvalue weighted by Gasteiger charge is 2.39. The fraction of sp³-hybridized carbons (Fsp3) is 0.692. The van der Waals surface area contributed by atoms with E-state index in [1.165, 1.54) is 0 Å². The van der Waals surface area contributed by atoms with Gasteiger partial charge in [0.1, 0.15) is 0 Å². The van der Waals surface area contributed by atoms with E-state index >= 15 is 0 Å². The summed E-state index contributed by atoms with van der Waals surface area (Å²) in [5, 5.41) is 0. The van der Waals surface area contributed by atoms with Crippen molar-refractivity contribution in [2.75, 3.05) is 44.8 Å². The molecule has 0 radical (unpaired) electrons. The van der Waals surface area contributed by atoms with Gasteiger partial charge >= 0.3 is 0 Å². The van der Waals surface area contributed by atoms with Gasteiger partial charge in [-0.05, 0) is 14.0 Å². The monoisotopic (exact) mass is 264 g/mol. The molecule has 104 valence electrons. The fourth-order valence-corrected chi connectivity index (χ4v) is 2.75. The summed E-state index contributed by atoms with van der Waals surface area (Å²) in [6, 6.07) is 0.450. The van der Waals surface area contributed by atoms with Crippen molar-refractivity contribution in [2.45, 2.75) is 19.1 Å². The molecule has 6 nitrogen and oxygen atoms in total. The van der Waals surface area contributed by atoms with Crippen molar-refractivity contribution < 1.29 is 9.47 Å². The molecule has 2 fully saturated rings. The Morgan fingerprint density at radius 2 is 2.32 bits per heavy atom. The minimum absolute atomic E-state index is 0.274. The third kappa shape index (κ3) is 2.50. The second kappa shape index (κ2) is 5.30. The summed E-state index contributed by atoms with van der Waals surface area (Å²) in [5.41, 5.74) is 0. The van der Waals surface area contributed by atoms with Gasteiger partial charge in [-0.2, -0.15) is 4.98 Å². The van der Waals surface area contributed by atoms with Crippen molar-refractivity contribution in [3.63, 3.8) is 0 Å². The average Bonchev–Trinajstić information content (AvgIpc) is 2.85. The van der Waals surface area contributed by atoms with E-state index in [1.54, 1.807) is 12.4 Å². The number of likely N-dealkylation sites (N-methyl/N-ethyl adjacent to an activating group) is 1. The van der Waals surface area contributed by atoms with Gasteiger partial charge in [0.25, 0.3) is 0 Å². The number of aromatic nitrogens is 2. The molecule has 3 heterocycles. The lowest BCUT2D eigenvalue weighted by Crippen LogP contribution is -2.48. The number of hydrogen-bond acceptors (Lipinski definition) is 6. The molecule has 2 aliphatic heterocycles. The molecule has 2 atom stereocenters. The molecular formula is C13H20N4O2. The van der Waals surface area contributed by atoms with E-state index in [2.05, 4.69) is 26.8 Å². The molecule has 1 aromatic heterocycles. The van der Waals surface area contributed by atoms with E-state index in [0.717, 1.165) is 32.1 Å². The maximum atomic E-state index is 5.84. The van der Waals surface area contributed by atoms with Gasteiger partial charge in [-0.25, -0.2) is 0 Å². The highest BCUT2D eigenvalue weighted by Crippen LogP contribution is 2.25. The van der Waals surface area contributed by atoms with E-state index in [-0.39, 0.29) is 6.10 Å². The molecular weight excluding hydrogens is 244 g/mol. The van der Waals surface area contributed by atoms with Crippen molar-refractivity contribution in [3.05, 3.63) is 12.4 Å². The quantitative estimate of drug-likeness (QED) is 0.787. The lowest BCUT2D eigenvalue weighted by Gasteiger charge is -2.33. The van der Waals surface area contributed by atoms with Crippen LogP contribution in [0.1, 0.15) is 6.92 Å². The number of ether oxygens (including phenoxy) is 2. The minimum atomic E-state index is 0.274. The second-order valence-corrected chi connectivity index (χ2v) is 5.01. The van der Waals surface area contributed by atoms with Gasteiger partial charge in [-0.1, -0.05) is 0 Å². The molecule has 1 aromatic rings. The van der Waals surface area contributed by atoms with Crippen LogP contribution in [0, 0.1) is 0 Å². The van der Waals surface area contributed by atoms with Crippen LogP contribution in [0.2, 0.25) is 0 Å². The average molecular weight is 264 g/mol. The molecule has 0 aliphatic carbocycles.